The lowest BCUT2D eigenvalue weighted by molar-refractivity contribution is -0.0510. The van der Waals surface area contributed by atoms with Gasteiger partial charge in [0.25, 0.3) is 0 Å². The minimum Gasteiger partial charge on any atom is -0.392 e. The van der Waals surface area contributed by atoms with Gasteiger partial charge in [0.1, 0.15) is 0 Å². The Morgan fingerprint density at radius 3 is 2.89 bits per heavy atom. The Kier molecular flexibility index (Phi) is 2.48. The number of pyridine rings is 2. The number of fused-ring (bicyclic) bond motifs is 1. The molecule has 0 spiro atoms. The van der Waals surface area contributed by atoms with Crippen LogP contribution in [0.5, 0.6) is 0 Å². The monoisotopic (exact) mass is 243 g/mol. The lowest BCUT2D eigenvalue weighted by Gasteiger charge is -2.50. The Morgan fingerprint density at radius 2 is 2.17 bits per heavy atom. The van der Waals surface area contributed by atoms with Gasteiger partial charge in [-0.1, -0.05) is 13.8 Å². The van der Waals surface area contributed by atoms with Crippen molar-refractivity contribution in [3.05, 3.63) is 30.7 Å². The van der Waals surface area contributed by atoms with Gasteiger partial charge in [0.2, 0.25) is 0 Å². The third-order valence-electron chi connectivity index (χ3n) is 4.09. The van der Waals surface area contributed by atoms with Gasteiger partial charge in [0, 0.05) is 41.1 Å². The summed E-state index contributed by atoms with van der Waals surface area (Å²) in [6, 6.07) is 4.16. The molecule has 1 aliphatic rings. The van der Waals surface area contributed by atoms with Crippen LogP contribution in [0, 0.1) is 5.41 Å². The first kappa shape index (κ1) is 11.4. The summed E-state index contributed by atoms with van der Waals surface area (Å²) in [4.78, 5) is 8.46. The van der Waals surface area contributed by atoms with E-state index in [-0.39, 0.29) is 11.5 Å². The van der Waals surface area contributed by atoms with Crippen molar-refractivity contribution in [2.45, 2.75) is 32.4 Å². The molecule has 0 bridgehead atoms. The number of aliphatic hydroxyl groups is 1. The van der Waals surface area contributed by atoms with E-state index in [1.54, 1.807) is 12.4 Å². The van der Waals surface area contributed by atoms with Gasteiger partial charge in [0.15, 0.2) is 0 Å². The maximum atomic E-state index is 9.77. The highest BCUT2D eigenvalue weighted by molar-refractivity contribution is 5.90. The molecular formula is C14H17N3O. The second-order valence-corrected chi connectivity index (χ2v) is 5.52. The standard InChI is InChI=1S/C14H17N3O/c1-14(2)12(7-13(14)18)17-11-4-6-16-10-3-5-15-8-9(10)11/h3-6,8,12-13,18H,7H2,1-2H3,(H,16,17). The summed E-state index contributed by atoms with van der Waals surface area (Å²) in [7, 11) is 0. The van der Waals surface area contributed by atoms with E-state index in [9.17, 15) is 5.11 Å². The van der Waals surface area contributed by atoms with E-state index in [2.05, 4.69) is 29.1 Å². The normalized spacial score (nSPS) is 25.7. The van der Waals surface area contributed by atoms with E-state index in [0.717, 1.165) is 23.0 Å². The van der Waals surface area contributed by atoms with Crippen LogP contribution in [0.15, 0.2) is 30.7 Å². The Labute approximate surface area is 106 Å². The van der Waals surface area contributed by atoms with Crippen molar-refractivity contribution in [2.75, 3.05) is 5.32 Å². The molecule has 0 amide bonds. The summed E-state index contributed by atoms with van der Waals surface area (Å²) in [5, 5.41) is 14.3. The second kappa shape index (κ2) is 3.92. The molecule has 94 valence electrons. The molecule has 0 aliphatic heterocycles. The first-order valence-corrected chi connectivity index (χ1v) is 6.22. The third-order valence-corrected chi connectivity index (χ3v) is 4.09. The predicted molar refractivity (Wildman–Crippen MR) is 71.4 cm³/mol. The van der Waals surface area contributed by atoms with E-state index < -0.39 is 0 Å². The van der Waals surface area contributed by atoms with Crippen molar-refractivity contribution < 1.29 is 5.11 Å². The zero-order valence-corrected chi connectivity index (χ0v) is 10.6. The van der Waals surface area contributed by atoms with Crippen LogP contribution in [-0.4, -0.2) is 27.2 Å². The number of aromatic nitrogens is 2. The maximum absolute atomic E-state index is 9.77. The molecule has 2 unspecified atom stereocenters. The van der Waals surface area contributed by atoms with E-state index in [0.29, 0.717) is 6.04 Å². The topological polar surface area (TPSA) is 58.0 Å². The van der Waals surface area contributed by atoms with Gasteiger partial charge in [0.05, 0.1) is 11.6 Å². The minimum absolute atomic E-state index is 0.0855. The molecule has 0 saturated heterocycles. The molecule has 1 aliphatic carbocycles. The van der Waals surface area contributed by atoms with E-state index in [1.807, 2.05) is 18.3 Å². The van der Waals surface area contributed by atoms with Crippen molar-refractivity contribution in [1.82, 2.24) is 9.97 Å². The fourth-order valence-electron chi connectivity index (χ4n) is 2.45. The molecule has 2 aromatic heterocycles. The van der Waals surface area contributed by atoms with Crippen LogP contribution in [0.1, 0.15) is 20.3 Å². The Morgan fingerprint density at radius 1 is 1.33 bits per heavy atom. The first-order valence-electron chi connectivity index (χ1n) is 6.22. The molecule has 1 saturated carbocycles. The zero-order chi connectivity index (χ0) is 12.8. The second-order valence-electron chi connectivity index (χ2n) is 5.52. The molecule has 2 aromatic rings. The molecule has 4 heteroatoms. The molecule has 2 N–H and O–H groups in total. The van der Waals surface area contributed by atoms with E-state index in [4.69, 9.17) is 0 Å². The lowest BCUT2D eigenvalue weighted by Crippen LogP contribution is -2.56. The number of hydrogen-bond acceptors (Lipinski definition) is 4. The van der Waals surface area contributed by atoms with Crippen molar-refractivity contribution >= 4 is 16.6 Å². The zero-order valence-electron chi connectivity index (χ0n) is 10.6. The molecule has 4 nitrogen and oxygen atoms in total. The number of rotatable bonds is 2. The quantitative estimate of drug-likeness (QED) is 0.849. The van der Waals surface area contributed by atoms with Gasteiger partial charge in [-0.25, -0.2) is 0 Å². The molecule has 2 heterocycles. The Hall–Kier alpha value is -1.68. The number of hydrogen-bond donors (Lipinski definition) is 2. The molecule has 0 aromatic carbocycles. The summed E-state index contributed by atoms with van der Waals surface area (Å²) < 4.78 is 0. The summed E-state index contributed by atoms with van der Waals surface area (Å²) in [5.74, 6) is 0. The van der Waals surface area contributed by atoms with Crippen LogP contribution in [0.2, 0.25) is 0 Å². The smallest absolute Gasteiger partial charge is 0.0753 e. The number of aliphatic hydroxyl groups excluding tert-OH is 1. The van der Waals surface area contributed by atoms with Crippen LogP contribution in [-0.2, 0) is 0 Å². The van der Waals surface area contributed by atoms with Crippen molar-refractivity contribution in [2.24, 2.45) is 5.41 Å². The average Bonchev–Trinajstić information content (AvgIpc) is 2.39. The van der Waals surface area contributed by atoms with Crippen LogP contribution in [0.4, 0.5) is 5.69 Å². The summed E-state index contributed by atoms with van der Waals surface area (Å²) in [6.07, 6.45) is 5.94. The highest BCUT2D eigenvalue weighted by Gasteiger charge is 2.47. The van der Waals surface area contributed by atoms with Gasteiger partial charge in [-0.15, -0.1) is 0 Å². The Bertz CT molecular complexity index is 577. The number of nitrogens with one attached hydrogen (secondary N) is 1. The summed E-state index contributed by atoms with van der Waals surface area (Å²) in [6.45, 7) is 4.17. The molecule has 1 fully saturated rings. The van der Waals surface area contributed by atoms with Gasteiger partial charge in [-0.05, 0) is 18.6 Å². The molecule has 0 radical (unpaired) electrons. The molecule has 3 rings (SSSR count). The van der Waals surface area contributed by atoms with Crippen molar-refractivity contribution in [3.8, 4) is 0 Å². The van der Waals surface area contributed by atoms with Crippen molar-refractivity contribution in [1.29, 1.82) is 0 Å². The number of anilines is 1. The van der Waals surface area contributed by atoms with Crippen LogP contribution in [0.3, 0.4) is 0 Å². The molecule has 2 atom stereocenters. The highest BCUT2D eigenvalue weighted by atomic mass is 16.3. The summed E-state index contributed by atoms with van der Waals surface area (Å²) >= 11 is 0. The van der Waals surface area contributed by atoms with Crippen molar-refractivity contribution in [3.63, 3.8) is 0 Å². The minimum atomic E-state index is -0.221. The Balaban J connectivity index is 1.92. The van der Waals surface area contributed by atoms with Gasteiger partial charge in [-0.3, -0.25) is 9.97 Å². The van der Waals surface area contributed by atoms with Crippen LogP contribution in [0.25, 0.3) is 10.9 Å². The van der Waals surface area contributed by atoms with Gasteiger partial charge < -0.3 is 10.4 Å². The van der Waals surface area contributed by atoms with Gasteiger partial charge >= 0.3 is 0 Å². The number of nitrogens with zero attached hydrogens (tertiary/aromatic N) is 2. The van der Waals surface area contributed by atoms with E-state index in [1.165, 1.54) is 0 Å². The largest absolute Gasteiger partial charge is 0.392 e. The molecule has 18 heavy (non-hydrogen) atoms. The summed E-state index contributed by atoms with van der Waals surface area (Å²) in [5.41, 5.74) is 1.89. The van der Waals surface area contributed by atoms with Crippen LogP contribution >= 0.6 is 0 Å². The fraction of sp³-hybridized carbons (Fsp3) is 0.429. The molecular weight excluding hydrogens is 226 g/mol. The maximum Gasteiger partial charge on any atom is 0.0753 e. The third kappa shape index (κ3) is 1.64. The van der Waals surface area contributed by atoms with Gasteiger partial charge in [-0.2, -0.15) is 0 Å². The highest BCUT2D eigenvalue weighted by Crippen LogP contribution is 2.42. The van der Waals surface area contributed by atoms with Crippen LogP contribution < -0.4 is 5.32 Å². The average molecular weight is 243 g/mol. The predicted octanol–water partition coefficient (Wildman–Crippen LogP) is 2.20. The lowest BCUT2D eigenvalue weighted by atomic mass is 9.64. The SMILES string of the molecule is CC1(C)C(O)CC1Nc1ccnc2ccncc12. The fourth-order valence-corrected chi connectivity index (χ4v) is 2.45. The first-order chi connectivity index (χ1) is 8.59. The van der Waals surface area contributed by atoms with E-state index >= 15 is 0 Å².